The van der Waals surface area contributed by atoms with Crippen molar-refractivity contribution in [2.24, 2.45) is 0 Å². The first-order valence-corrected chi connectivity index (χ1v) is 10.0. The van der Waals surface area contributed by atoms with E-state index < -0.39 is 0 Å². The summed E-state index contributed by atoms with van der Waals surface area (Å²) in [7, 11) is 0. The Bertz CT molecular complexity index is 764. The molecular weight excluding hydrogens is 352 g/mol. The van der Waals surface area contributed by atoms with Gasteiger partial charge in [-0.2, -0.15) is 0 Å². The van der Waals surface area contributed by atoms with Gasteiger partial charge >= 0.3 is 0 Å². The molecule has 0 fully saturated rings. The third kappa shape index (κ3) is 5.88. The van der Waals surface area contributed by atoms with E-state index in [1.165, 1.54) is 0 Å². The van der Waals surface area contributed by atoms with Gasteiger partial charge in [0.15, 0.2) is 5.78 Å². The standard InChI is InChI=1S/C24H30O4/c1-5-9-21-23(27-7-3)16-18(17-24(21)28-8-4)10-15-22(25)19-11-13-20(14-12-19)26-6-2/h10-17H,5-9H2,1-4H3/b15-10+. The highest BCUT2D eigenvalue weighted by Crippen LogP contribution is 2.33. The van der Waals surface area contributed by atoms with Gasteiger partial charge in [0, 0.05) is 11.1 Å². The molecule has 0 aromatic heterocycles. The molecule has 0 aliphatic rings. The third-order valence-corrected chi connectivity index (χ3v) is 4.17. The summed E-state index contributed by atoms with van der Waals surface area (Å²) >= 11 is 0. The fourth-order valence-electron chi connectivity index (χ4n) is 2.95. The van der Waals surface area contributed by atoms with Crippen LogP contribution in [-0.2, 0) is 6.42 Å². The van der Waals surface area contributed by atoms with Gasteiger partial charge in [0.1, 0.15) is 17.2 Å². The van der Waals surface area contributed by atoms with Crippen LogP contribution in [0.3, 0.4) is 0 Å². The second kappa shape index (κ2) is 11.2. The Balaban J connectivity index is 2.26. The zero-order chi connectivity index (χ0) is 20.4. The van der Waals surface area contributed by atoms with E-state index in [4.69, 9.17) is 14.2 Å². The number of hydrogen-bond donors (Lipinski definition) is 0. The Labute approximate surface area is 168 Å². The van der Waals surface area contributed by atoms with E-state index in [2.05, 4.69) is 6.92 Å². The topological polar surface area (TPSA) is 44.8 Å². The highest BCUT2D eigenvalue weighted by atomic mass is 16.5. The van der Waals surface area contributed by atoms with Gasteiger partial charge in [-0.15, -0.1) is 0 Å². The molecule has 0 aliphatic carbocycles. The number of allylic oxidation sites excluding steroid dienone is 1. The van der Waals surface area contributed by atoms with E-state index >= 15 is 0 Å². The molecule has 0 spiro atoms. The van der Waals surface area contributed by atoms with Gasteiger partial charge in [0.25, 0.3) is 0 Å². The van der Waals surface area contributed by atoms with Crippen LogP contribution in [0.2, 0.25) is 0 Å². The third-order valence-electron chi connectivity index (χ3n) is 4.17. The van der Waals surface area contributed by atoms with Crippen LogP contribution >= 0.6 is 0 Å². The minimum atomic E-state index is -0.0587. The predicted octanol–water partition coefficient (Wildman–Crippen LogP) is 5.73. The van der Waals surface area contributed by atoms with Gasteiger partial charge in [0.2, 0.25) is 0 Å². The van der Waals surface area contributed by atoms with Crippen LogP contribution in [0.1, 0.15) is 55.6 Å². The average molecular weight is 383 g/mol. The summed E-state index contributed by atoms with van der Waals surface area (Å²) in [4.78, 5) is 12.5. The smallest absolute Gasteiger partial charge is 0.185 e. The number of ketones is 1. The van der Waals surface area contributed by atoms with Gasteiger partial charge in [-0.05, 0) is 75.2 Å². The summed E-state index contributed by atoms with van der Waals surface area (Å²) in [5, 5.41) is 0. The number of rotatable bonds is 11. The maximum Gasteiger partial charge on any atom is 0.185 e. The van der Waals surface area contributed by atoms with Crippen LogP contribution in [-0.4, -0.2) is 25.6 Å². The Morgan fingerprint density at radius 3 is 1.93 bits per heavy atom. The fourth-order valence-corrected chi connectivity index (χ4v) is 2.95. The summed E-state index contributed by atoms with van der Waals surface area (Å²) < 4.78 is 17.1. The van der Waals surface area contributed by atoms with Crippen LogP contribution < -0.4 is 14.2 Å². The molecule has 0 radical (unpaired) electrons. The lowest BCUT2D eigenvalue weighted by atomic mass is 10.0. The van der Waals surface area contributed by atoms with Crippen molar-refractivity contribution in [3.63, 3.8) is 0 Å². The molecule has 150 valence electrons. The molecule has 2 aromatic rings. The first-order chi connectivity index (χ1) is 13.6. The lowest BCUT2D eigenvalue weighted by Crippen LogP contribution is -2.02. The summed E-state index contributed by atoms with van der Waals surface area (Å²) in [6.45, 7) is 9.77. The maximum atomic E-state index is 12.5. The van der Waals surface area contributed by atoms with Crippen LogP contribution in [0.5, 0.6) is 17.2 Å². The predicted molar refractivity (Wildman–Crippen MR) is 114 cm³/mol. The molecule has 0 aliphatic heterocycles. The second-order valence-corrected chi connectivity index (χ2v) is 6.27. The SMILES string of the molecule is CCCc1c(OCC)cc(/C=C/C(=O)c2ccc(OCC)cc2)cc1OCC. The number of hydrogen-bond acceptors (Lipinski definition) is 4. The van der Waals surface area contributed by atoms with E-state index in [1.54, 1.807) is 24.3 Å². The molecule has 0 amide bonds. The Morgan fingerprint density at radius 2 is 1.43 bits per heavy atom. The van der Waals surface area contributed by atoms with Crippen molar-refractivity contribution in [1.82, 2.24) is 0 Å². The Hall–Kier alpha value is -2.75. The minimum Gasteiger partial charge on any atom is -0.494 e. The zero-order valence-electron chi connectivity index (χ0n) is 17.3. The van der Waals surface area contributed by atoms with E-state index in [9.17, 15) is 4.79 Å². The van der Waals surface area contributed by atoms with Gasteiger partial charge in [-0.1, -0.05) is 19.4 Å². The number of benzene rings is 2. The molecule has 0 heterocycles. The molecule has 0 saturated heterocycles. The number of carbonyl (C=O) groups excluding carboxylic acids is 1. The van der Waals surface area contributed by atoms with Gasteiger partial charge in [-0.3, -0.25) is 4.79 Å². The monoisotopic (exact) mass is 382 g/mol. The normalized spacial score (nSPS) is 10.9. The zero-order valence-corrected chi connectivity index (χ0v) is 17.3. The van der Waals surface area contributed by atoms with Crippen molar-refractivity contribution in [2.75, 3.05) is 19.8 Å². The van der Waals surface area contributed by atoms with Gasteiger partial charge < -0.3 is 14.2 Å². The lowest BCUT2D eigenvalue weighted by molar-refractivity contribution is 0.104. The van der Waals surface area contributed by atoms with Crippen LogP contribution in [0, 0.1) is 0 Å². The van der Waals surface area contributed by atoms with Crippen LogP contribution in [0.15, 0.2) is 42.5 Å². The van der Waals surface area contributed by atoms with Gasteiger partial charge in [0.05, 0.1) is 19.8 Å². The van der Waals surface area contributed by atoms with Crippen molar-refractivity contribution in [2.45, 2.75) is 40.5 Å². The largest absolute Gasteiger partial charge is 0.494 e. The molecule has 4 nitrogen and oxygen atoms in total. The lowest BCUT2D eigenvalue weighted by Gasteiger charge is -2.16. The van der Waals surface area contributed by atoms with E-state index in [-0.39, 0.29) is 5.78 Å². The highest BCUT2D eigenvalue weighted by molar-refractivity contribution is 6.06. The average Bonchev–Trinajstić information content (AvgIpc) is 2.70. The van der Waals surface area contributed by atoms with Crippen molar-refractivity contribution >= 4 is 11.9 Å². The molecule has 0 unspecified atom stereocenters. The Kier molecular flexibility index (Phi) is 8.60. The van der Waals surface area contributed by atoms with Crippen molar-refractivity contribution in [3.05, 3.63) is 59.2 Å². The molecule has 0 N–H and O–H groups in total. The van der Waals surface area contributed by atoms with E-state index in [0.717, 1.165) is 41.2 Å². The molecule has 0 saturated carbocycles. The molecule has 0 bridgehead atoms. The van der Waals surface area contributed by atoms with Crippen LogP contribution in [0.25, 0.3) is 6.08 Å². The molecular formula is C24H30O4. The van der Waals surface area contributed by atoms with E-state index in [0.29, 0.717) is 25.4 Å². The molecule has 2 aromatic carbocycles. The quantitative estimate of drug-likeness (QED) is 0.368. The summed E-state index contributed by atoms with van der Waals surface area (Å²) in [6.07, 6.45) is 5.28. The first kappa shape index (κ1) is 21.5. The molecule has 2 rings (SSSR count). The number of carbonyl (C=O) groups is 1. The molecule has 4 heteroatoms. The Morgan fingerprint density at radius 1 is 0.857 bits per heavy atom. The van der Waals surface area contributed by atoms with Gasteiger partial charge in [-0.25, -0.2) is 0 Å². The van der Waals surface area contributed by atoms with E-state index in [1.807, 2.05) is 45.0 Å². The fraction of sp³-hybridized carbons (Fsp3) is 0.375. The highest BCUT2D eigenvalue weighted by Gasteiger charge is 2.12. The summed E-state index contributed by atoms with van der Waals surface area (Å²) in [5.41, 5.74) is 2.59. The van der Waals surface area contributed by atoms with Crippen molar-refractivity contribution < 1.29 is 19.0 Å². The molecule has 28 heavy (non-hydrogen) atoms. The first-order valence-electron chi connectivity index (χ1n) is 10.0. The van der Waals surface area contributed by atoms with Crippen molar-refractivity contribution in [1.29, 1.82) is 0 Å². The van der Waals surface area contributed by atoms with Crippen LogP contribution in [0.4, 0.5) is 0 Å². The summed E-state index contributed by atoms with van der Waals surface area (Å²) in [6, 6.07) is 11.1. The van der Waals surface area contributed by atoms with Crippen molar-refractivity contribution in [3.8, 4) is 17.2 Å². The second-order valence-electron chi connectivity index (χ2n) is 6.27. The number of ether oxygens (including phenoxy) is 3. The summed E-state index contributed by atoms with van der Waals surface area (Å²) in [5.74, 6) is 2.35. The maximum absolute atomic E-state index is 12.5. The minimum absolute atomic E-state index is 0.0587. The molecule has 0 atom stereocenters.